The van der Waals surface area contributed by atoms with E-state index in [9.17, 15) is 9.59 Å². The maximum atomic E-state index is 11.9. The first-order valence-corrected chi connectivity index (χ1v) is 10.6. The monoisotopic (exact) mass is 441 g/mol. The van der Waals surface area contributed by atoms with Gasteiger partial charge < -0.3 is 18.9 Å². The molecule has 6 heteroatoms. The van der Waals surface area contributed by atoms with Crippen LogP contribution in [0.3, 0.4) is 0 Å². The number of ether oxygens (including phenoxy) is 4. The Morgan fingerprint density at radius 1 is 0.625 bits per heavy atom. The molecule has 0 unspecified atom stereocenters. The highest BCUT2D eigenvalue weighted by Crippen LogP contribution is 2.35. The van der Waals surface area contributed by atoms with Crippen LogP contribution in [0.15, 0.2) is 48.5 Å². The van der Waals surface area contributed by atoms with Crippen molar-refractivity contribution in [2.45, 2.75) is 72.5 Å². The molecule has 0 spiro atoms. The molecule has 0 amide bonds. The molecule has 1 radical (unpaired) electrons. The van der Waals surface area contributed by atoms with Crippen molar-refractivity contribution in [3.05, 3.63) is 65.6 Å². The Kier molecular flexibility index (Phi) is 7.94. The van der Waals surface area contributed by atoms with Crippen molar-refractivity contribution >= 4 is 12.3 Å². The molecule has 32 heavy (non-hydrogen) atoms. The second-order valence-corrected chi connectivity index (χ2v) is 9.78. The summed E-state index contributed by atoms with van der Waals surface area (Å²) >= 11 is 0. The highest BCUT2D eigenvalue weighted by Gasteiger charge is 2.22. The summed E-state index contributed by atoms with van der Waals surface area (Å²) in [4.78, 5) is 23.7. The first-order valence-electron chi connectivity index (χ1n) is 10.6. The van der Waals surface area contributed by atoms with Gasteiger partial charge in [0.25, 0.3) is 0 Å². The number of rotatable bonds is 5. The van der Waals surface area contributed by atoms with Gasteiger partial charge in [-0.3, -0.25) is 0 Å². The van der Waals surface area contributed by atoms with Crippen molar-refractivity contribution in [1.29, 1.82) is 0 Å². The molecule has 2 aromatic carbocycles. The third kappa shape index (κ3) is 8.25. The van der Waals surface area contributed by atoms with E-state index < -0.39 is 23.5 Å². The minimum absolute atomic E-state index is 0.0288. The molecule has 0 heterocycles. The molecule has 0 aliphatic rings. The molecule has 0 bridgehead atoms. The van der Waals surface area contributed by atoms with Crippen LogP contribution in [0.25, 0.3) is 0 Å². The molecule has 0 aliphatic carbocycles. The zero-order valence-electron chi connectivity index (χ0n) is 20.1. The van der Waals surface area contributed by atoms with Gasteiger partial charge in [-0.2, -0.15) is 0 Å². The molecule has 6 nitrogen and oxygen atoms in total. The van der Waals surface area contributed by atoms with Gasteiger partial charge in [0.1, 0.15) is 22.7 Å². The first kappa shape index (κ1) is 25.2. The highest BCUT2D eigenvalue weighted by molar-refractivity contribution is 5.65. The van der Waals surface area contributed by atoms with Crippen LogP contribution in [0.1, 0.15) is 72.4 Å². The van der Waals surface area contributed by atoms with E-state index >= 15 is 0 Å². The van der Waals surface area contributed by atoms with Gasteiger partial charge in [-0.05, 0) is 82.9 Å². The number of benzene rings is 2. The zero-order valence-corrected chi connectivity index (χ0v) is 20.1. The molecule has 2 rings (SSSR count). The fourth-order valence-electron chi connectivity index (χ4n) is 3.05. The summed E-state index contributed by atoms with van der Waals surface area (Å²) in [6.45, 7) is 14.8. The van der Waals surface area contributed by atoms with Crippen LogP contribution >= 0.6 is 0 Å². The molecule has 0 N–H and O–H groups in total. The van der Waals surface area contributed by atoms with Crippen molar-refractivity contribution in [3.8, 4) is 11.5 Å². The molecule has 0 aliphatic heterocycles. The third-order valence-corrected chi connectivity index (χ3v) is 4.19. The standard InChI is InChI=1S/C26H33O6/c1-17(2)22(18-9-13-20(14-10-18)29-23(27)31-25(3,4)5)19-11-15-21(16-12-19)30-24(28)32-26(6,7)8/h9-16,22H,1-8H3. The van der Waals surface area contributed by atoms with Gasteiger partial charge in [-0.15, -0.1) is 0 Å². The van der Waals surface area contributed by atoms with E-state index in [1.807, 2.05) is 24.3 Å². The molecule has 0 aromatic heterocycles. The van der Waals surface area contributed by atoms with Gasteiger partial charge >= 0.3 is 12.3 Å². The Labute approximate surface area is 190 Å². The Morgan fingerprint density at radius 3 is 1.19 bits per heavy atom. The number of carbonyl (C=O) groups excluding carboxylic acids is 2. The third-order valence-electron chi connectivity index (χ3n) is 4.19. The molecular formula is C26H33O6. The molecular weight excluding hydrogens is 408 g/mol. The van der Waals surface area contributed by atoms with Gasteiger partial charge in [0, 0.05) is 5.92 Å². The van der Waals surface area contributed by atoms with Crippen LogP contribution in [0.2, 0.25) is 0 Å². The van der Waals surface area contributed by atoms with Crippen LogP contribution in [-0.4, -0.2) is 23.5 Å². The fraction of sp³-hybridized carbons (Fsp3) is 0.423. The zero-order chi connectivity index (χ0) is 24.1. The first-order chi connectivity index (χ1) is 14.7. The summed E-state index contributed by atoms with van der Waals surface area (Å²) in [6, 6.07) is 14.7. The SMILES string of the molecule is C[C](C)C(c1ccc(OC(=O)OC(C)(C)C)cc1)c1ccc(OC(=O)OC(C)(C)C)cc1. The molecule has 0 saturated heterocycles. The number of carbonyl (C=O) groups is 2. The molecule has 2 aromatic rings. The predicted molar refractivity (Wildman–Crippen MR) is 123 cm³/mol. The van der Waals surface area contributed by atoms with Crippen molar-refractivity contribution in [3.63, 3.8) is 0 Å². The van der Waals surface area contributed by atoms with Crippen LogP contribution in [-0.2, 0) is 9.47 Å². The average molecular weight is 442 g/mol. The van der Waals surface area contributed by atoms with Crippen LogP contribution in [0.5, 0.6) is 11.5 Å². The Bertz CT molecular complexity index is 826. The summed E-state index contributed by atoms with van der Waals surface area (Å²) in [7, 11) is 0. The van der Waals surface area contributed by atoms with Gasteiger partial charge in [0.2, 0.25) is 0 Å². The van der Waals surface area contributed by atoms with Gasteiger partial charge in [-0.25, -0.2) is 9.59 Å². The lowest BCUT2D eigenvalue weighted by Gasteiger charge is -2.23. The van der Waals surface area contributed by atoms with Crippen molar-refractivity contribution in [1.82, 2.24) is 0 Å². The fourth-order valence-corrected chi connectivity index (χ4v) is 3.05. The highest BCUT2D eigenvalue weighted by atomic mass is 16.7. The second kappa shape index (κ2) is 10.1. The largest absolute Gasteiger partial charge is 0.514 e. The molecule has 0 atom stereocenters. The Morgan fingerprint density at radius 2 is 0.938 bits per heavy atom. The van der Waals surface area contributed by atoms with E-state index in [4.69, 9.17) is 18.9 Å². The number of hydrogen-bond donors (Lipinski definition) is 0. The summed E-state index contributed by atoms with van der Waals surface area (Å²) < 4.78 is 20.9. The summed E-state index contributed by atoms with van der Waals surface area (Å²) in [5.74, 6) is 2.04. The Hall–Kier alpha value is -3.02. The lowest BCUT2D eigenvalue weighted by Crippen LogP contribution is -2.26. The van der Waals surface area contributed by atoms with E-state index in [0.29, 0.717) is 11.5 Å². The maximum absolute atomic E-state index is 11.9. The minimum Gasteiger partial charge on any atom is -0.428 e. The topological polar surface area (TPSA) is 71.1 Å². The quantitative estimate of drug-likeness (QED) is 0.365. The van der Waals surface area contributed by atoms with Crippen LogP contribution in [0, 0.1) is 5.92 Å². The van der Waals surface area contributed by atoms with Gasteiger partial charge in [0.05, 0.1) is 0 Å². The Balaban J connectivity index is 2.11. The average Bonchev–Trinajstić information content (AvgIpc) is 2.61. The number of hydrogen-bond acceptors (Lipinski definition) is 6. The summed E-state index contributed by atoms with van der Waals surface area (Å²) in [5, 5.41) is 0. The van der Waals surface area contributed by atoms with Gasteiger partial charge in [0.15, 0.2) is 0 Å². The summed E-state index contributed by atoms with van der Waals surface area (Å²) in [5.41, 5.74) is 0.857. The van der Waals surface area contributed by atoms with Crippen molar-refractivity contribution < 1.29 is 28.5 Å². The van der Waals surface area contributed by atoms with E-state index in [1.165, 1.54) is 5.92 Å². The van der Waals surface area contributed by atoms with Crippen LogP contribution in [0.4, 0.5) is 9.59 Å². The molecule has 173 valence electrons. The molecule has 0 saturated carbocycles. The lowest BCUT2D eigenvalue weighted by atomic mass is 9.82. The van der Waals surface area contributed by atoms with Crippen molar-refractivity contribution in [2.75, 3.05) is 0 Å². The van der Waals surface area contributed by atoms with Crippen molar-refractivity contribution in [2.24, 2.45) is 0 Å². The minimum atomic E-state index is -0.736. The lowest BCUT2D eigenvalue weighted by molar-refractivity contribution is 0.0193. The van der Waals surface area contributed by atoms with E-state index in [0.717, 1.165) is 11.1 Å². The molecule has 0 fully saturated rings. The smallest absolute Gasteiger partial charge is 0.428 e. The van der Waals surface area contributed by atoms with E-state index in [2.05, 4.69) is 13.8 Å². The second-order valence-electron chi connectivity index (χ2n) is 9.78. The van der Waals surface area contributed by atoms with E-state index in [1.54, 1.807) is 65.8 Å². The predicted octanol–water partition coefficient (Wildman–Crippen LogP) is 7.06. The van der Waals surface area contributed by atoms with Crippen LogP contribution < -0.4 is 9.47 Å². The van der Waals surface area contributed by atoms with Gasteiger partial charge in [-0.1, -0.05) is 38.1 Å². The normalized spacial score (nSPS) is 11.9. The maximum Gasteiger partial charge on any atom is 0.514 e. The summed E-state index contributed by atoms with van der Waals surface area (Å²) in [6.07, 6.45) is -1.47. The van der Waals surface area contributed by atoms with E-state index in [-0.39, 0.29) is 5.92 Å².